The Kier molecular flexibility index (Phi) is 3.09. The van der Waals surface area contributed by atoms with Crippen molar-refractivity contribution in [2.45, 2.75) is 10.9 Å². The molecule has 4 aromatic rings. The number of para-hydroxylation sites is 2. The molecule has 0 aliphatic heterocycles. The number of imidazole rings is 1. The van der Waals surface area contributed by atoms with Gasteiger partial charge in [0.25, 0.3) is 0 Å². The van der Waals surface area contributed by atoms with E-state index in [2.05, 4.69) is 25.6 Å². The molecule has 4 rings (SSSR count). The van der Waals surface area contributed by atoms with Crippen LogP contribution in [0.2, 0.25) is 5.02 Å². The number of nitrogens with one attached hydrogen (secondary N) is 1. The van der Waals surface area contributed by atoms with E-state index in [1.807, 2.05) is 42.5 Å². The first-order valence-electron chi connectivity index (χ1n) is 6.50. The molecule has 2 aromatic carbocycles. The number of hydrogen-bond acceptors (Lipinski definition) is 3. The predicted molar refractivity (Wildman–Crippen MR) is 85.9 cm³/mol. The highest BCUT2D eigenvalue weighted by molar-refractivity contribution is 7.98. The van der Waals surface area contributed by atoms with E-state index in [-0.39, 0.29) is 0 Å². The van der Waals surface area contributed by atoms with Gasteiger partial charge in [-0.2, -0.15) is 0 Å². The maximum Gasteiger partial charge on any atom is 0.231 e. The monoisotopic (exact) mass is 314 g/mol. The van der Waals surface area contributed by atoms with Crippen LogP contribution in [0, 0.1) is 0 Å². The summed E-state index contributed by atoms with van der Waals surface area (Å²) in [5.74, 6) is 1.61. The molecule has 0 amide bonds. The van der Waals surface area contributed by atoms with Crippen LogP contribution in [0.1, 0.15) is 5.56 Å². The van der Waals surface area contributed by atoms with E-state index < -0.39 is 0 Å². The lowest BCUT2D eigenvalue weighted by Gasteiger charge is -2.00. The second-order valence-corrected chi connectivity index (χ2v) is 6.06. The molecule has 4 nitrogen and oxygen atoms in total. The molecule has 2 heterocycles. The highest BCUT2D eigenvalue weighted by Crippen LogP contribution is 2.25. The van der Waals surface area contributed by atoms with Crippen molar-refractivity contribution in [1.29, 1.82) is 0 Å². The largest absolute Gasteiger partial charge is 0.254 e. The molecule has 0 aliphatic carbocycles. The van der Waals surface area contributed by atoms with Crippen molar-refractivity contribution in [3.63, 3.8) is 0 Å². The number of nitrogens with zero attached hydrogens (tertiary/aromatic N) is 3. The fourth-order valence-corrected chi connectivity index (χ4v) is 3.31. The van der Waals surface area contributed by atoms with Gasteiger partial charge in [-0.15, -0.1) is 5.10 Å². The average molecular weight is 315 g/mol. The molecule has 0 radical (unpaired) electrons. The molecule has 0 aliphatic rings. The van der Waals surface area contributed by atoms with Gasteiger partial charge in [-0.05, 0) is 29.8 Å². The zero-order valence-corrected chi connectivity index (χ0v) is 12.5. The first-order valence-corrected chi connectivity index (χ1v) is 7.86. The number of rotatable bonds is 3. The predicted octanol–water partition coefficient (Wildman–Crippen LogP) is 4.16. The zero-order valence-electron chi connectivity index (χ0n) is 11.0. The minimum atomic E-state index is 0.756. The van der Waals surface area contributed by atoms with Gasteiger partial charge in [-0.25, -0.2) is 10.1 Å². The summed E-state index contributed by atoms with van der Waals surface area (Å²) in [6.07, 6.45) is 0. The van der Waals surface area contributed by atoms with E-state index in [0.29, 0.717) is 0 Å². The van der Waals surface area contributed by atoms with Crippen molar-refractivity contribution in [3.8, 4) is 0 Å². The Morgan fingerprint density at radius 3 is 2.76 bits per heavy atom. The zero-order chi connectivity index (χ0) is 14.2. The molecule has 0 fully saturated rings. The Hall–Kier alpha value is -1.98. The van der Waals surface area contributed by atoms with E-state index in [4.69, 9.17) is 11.6 Å². The van der Waals surface area contributed by atoms with Gasteiger partial charge in [-0.3, -0.25) is 4.40 Å². The average Bonchev–Trinajstić information content (AvgIpc) is 3.06. The van der Waals surface area contributed by atoms with Crippen LogP contribution < -0.4 is 0 Å². The third-order valence-corrected chi connectivity index (χ3v) is 4.55. The number of halogens is 1. The number of hydrogen-bond donors (Lipinski definition) is 1. The van der Waals surface area contributed by atoms with Gasteiger partial charge in [0.15, 0.2) is 5.16 Å². The van der Waals surface area contributed by atoms with E-state index in [1.54, 1.807) is 11.8 Å². The Bertz CT molecular complexity index is 910. The summed E-state index contributed by atoms with van der Waals surface area (Å²) in [5, 5.41) is 9.00. The molecule has 0 atom stereocenters. The number of aromatic amines is 1. The van der Waals surface area contributed by atoms with Gasteiger partial charge < -0.3 is 0 Å². The lowest BCUT2D eigenvalue weighted by molar-refractivity contribution is 0.940. The van der Waals surface area contributed by atoms with Crippen LogP contribution in [0.25, 0.3) is 16.8 Å². The number of fused-ring (bicyclic) bond motifs is 3. The molecule has 0 saturated heterocycles. The van der Waals surface area contributed by atoms with Crippen molar-refractivity contribution >= 4 is 40.2 Å². The van der Waals surface area contributed by atoms with Crippen molar-refractivity contribution < 1.29 is 0 Å². The minimum absolute atomic E-state index is 0.756. The van der Waals surface area contributed by atoms with Gasteiger partial charge in [0, 0.05) is 10.8 Å². The SMILES string of the molecule is Clc1ccc(CSc2n[nH]c3nc4ccccc4n23)cc1. The second kappa shape index (κ2) is 5.09. The number of benzene rings is 2. The molecule has 0 saturated carbocycles. The Morgan fingerprint density at radius 1 is 1.10 bits per heavy atom. The van der Waals surface area contributed by atoms with E-state index in [0.717, 1.165) is 32.7 Å². The first-order chi connectivity index (χ1) is 10.3. The van der Waals surface area contributed by atoms with E-state index in [9.17, 15) is 0 Å². The van der Waals surface area contributed by atoms with Crippen LogP contribution in [-0.2, 0) is 5.75 Å². The molecule has 6 heteroatoms. The summed E-state index contributed by atoms with van der Waals surface area (Å²) in [6.45, 7) is 0. The van der Waals surface area contributed by atoms with Crippen LogP contribution in [0.15, 0.2) is 53.7 Å². The van der Waals surface area contributed by atoms with Gasteiger partial charge in [0.2, 0.25) is 5.78 Å². The quantitative estimate of drug-likeness (QED) is 0.578. The summed E-state index contributed by atoms with van der Waals surface area (Å²) >= 11 is 7.58. The fraction of sp³-hybridized carbons (Fsp3) is 0.0667. The first kappa shape index (κ1) is 12.7. The van der Waals surface area contributed by atoms with Crippen molar-refractivity contribution in [1.82, 2.24) is 19.6 Å². The smallest absolute Gasteiger partial charge is 0.231 e. The van der Waals surface area contributed by atoms with Gasteiger partial charge in [0.05, 0.1) is 11.0 Å². The Labute approximate surface area is 130 Å². The van der Waals surface area contributed by atoms with E-state index in [1.165, 1.54) is 5.56 Å². The maximum atomic E-state index is 5.90. The highest BCUT2D eigenvalue weighted by atomic mass is 35.5. The van der Waals surface area contributed by atoms with Gasteiger partial charge >= 0.3 is 0 Å². The molecule has 0 spiro atoms. The molecule has 2 aromatic heterocycles. The number of H-pyrrole nitrogens is 1. The van der Waals surface area contributed by atoms with Gasteiger partial charge in [-0.1, -0.05) is 47.6 Å². The summed E-state index contributed by atoms with van der Waals surface area (Å²) in [4.78, 5) is 4.52. The molecule has 104 valence electrons. The van der Waals surface area contributed by atoms with Crippen LogP contribution in [0.3, 0.4) is 0 Å². The van der Waals surface area contributed by atoms with Crippen LogP contribution in [0.4, 0.5) is 0 Å². The molecule has 0 bridgehead atoms. The summed E-state index contributed by atoms with van der Waals surface area (Å²) < 4.78 is 2.05. The second-order valence-electron chi connectivity index (χ2n) is 4.68. The topological polar surface area (TPSA) is 46.0 Å². The fourth-order valence-electron chi connectivity index (χ4n) is 2.27. The molecule has 1 N–H and O–H groups in total. The Balaban J connectivity index is 1.68. The number of thioether (sulfide) groups is 1. The van der Waals surface area contributed by atoms with Crippen LogP contribution in [0.5, 0.6) is 0 Å². The lowest BCUT2D eigenvalue weighted by Crippen LogP contribution is -1.87. The summed E-state index contributed by atoms with van der Waals surface area (Å²) in [6, 6.07) is 15.9. The molecule has 21 heavy (non-hydrogen) atoms. The molecule has 0 unspecified atom stereocenters. The van der Waals surface area contributed by atoms with Crippen molar-refractivity contribution in [3.05, 3.63) is 59.1 Å². The maximum absolute atomic E-state index is 5.90. The number of aromatic nitrogens is 4. The summed E-state index contributed by atoms with van der Waals surface area (Å²) in [7, 11) is 0. The standard InChI is InChI=1S/C15H11ClN4S/c16-11-7-5-10(6-8-11)9-21-15-19-18-14-17-12-3-1-2-4-13(12)20(14)15/h1-8H,9H2,(H,17,18). The van der Waals surface area contributed by atoms with Gasteiger partial charge in [0.1, 0.15) is 0 Å². The third kappa shape index (κ3) is 2.28. The highest BCUT2D eigenvalue weighted by Gasteiger charge is 2.11. The summed E-state index contributed by atoms with van der Waals surface area (Å²) in [5.41, 5.74) is 3.25. The molecular weight excluding hydrogens is 304 g/mol. The molecular formula is C15H11ClN4S. The van der Waals surface area contributed by atoms with Crippen LogP contribution in [-0.4, -0.2) is 19.6 Å². The van der Waals surface area contributed by atoms with E-state index >= 15 is 0 Å². The normalized spacial score (nSPS) is 11.5. The Morgan fingerprint density at radius 2 is 1.90 bits per heavy atom. The van der Waals surface area contributed by atoms with Crippen LogP contribution >= 0.6 is 23.4 Å². The minimum Gasteiger partial charge on any atom is -0.254 e. The lowest BCUT2D eigenvalue weighted by atomic mass is 10.2. The van der Waals surface area contributed by atoms with Crippen molar-refractivity contribution in [2.24, 2.45) is 0 Å². The van der Waals surface area contributed by atoms with Crippen molar-refractivity contribution in [2.75, 3.05) is 0 Å². The third-order valence-electron chi connectivity index (χ3n) is 3.28.